The van der Waals surface area contributed by atoms with E-state index in [1.807, 2.05) is 54.6 Å². The van der Waals surface area contributed by atoms with Gasteiger partial charge in [-0.3, -0.25) is 0 Å². The van der Waals surface area contributed by atoms with Gasteiger partial charge in [-0.2, -0.15) is 4.31 Å². The first-order valence-electron chi connectivity index (χ1n) is 8.35. The molecule has 2 aromatic rings. The zero-order valence-electron chi connectivity index (χ0n) is 13.6. The van der Waals surface area contributed by atoms with Crippen LogP contribution in [0.3, 0.4) is 0 Å². The Kier molecular flexibility index (Phi) is 5.59. The fourth-order valence-electron chi connectivity index (χ4n) is 3.30. The number of hydrogen-bond acceptors (Lipinski definition) is 2. The Morgan fingerprint density at radius 1 is 0.958 bits per heavy atom. The molecule has 1 aliphatic rings. The van der Waals surface area contributed by atoms with Crippen molar-refractivity contribution in [2.75, 3.05) is 6.54 Å². The highest BCUT2D eigenvalue weighted by atomic mass is 35.5. The monoisotopic (exact) mass is 363 g/mol. The SMILES string of the molecule is O=S(=O)(Cc1ccccc1)N1CCCCC[C@@H]1c1ccc(Cl)cc1. The van der Waals surface area contributed by atoms with Crippen LogP contribution < -0.4 is 0 Å². The molecule has 128 valence electrons. The first-order chi connectivity index (χ1) is 11.6. The van der Waals surface area contributed by atoms with Crippen LogP contribution in [0.5, 0.6) is 0 Å². The summed E-state index contributed by atoms with van der Waals surface area (Å²) in [4.78, 5) is 0. The maximum Gasteiger partial charge on any atom is 0.218 e. The van der Waals surface area contributed by atoms with E-state index in [9.17, 15) is 8.42 Å². The van der Waals surface area contributed by atoms with Gasteiger partial charge < -0.3 is 0 Å². The molecule has 0 aromatic heterocycles. The zero-order chi connectivity index (χ0) is 17.0. The molecule has 3 nitrogen and oxygen atoms in total. The summed E-state index contributed by atoms with van der Waals surface area (Å²) >= 11 is 5.98. The first-order valence-corrected chi connectivity index (χ1v) is 10.3. The summed E-state index contributed by atoms with van der Waals surface area (Å²) in [5, 5.41) is 0.672. The molecule has 0 aliphatic carbocycles. The lowest BCUT2D eigenvalue weighted by Gasteiger charge is -2.29. The first kappa shape index (κ1) is 17.5. The molecule has 0 unspecified atom stereocenters. The molecule has 1 saturated heterocycles. The van der Waals surface area contributed by atoms with E-state index in [2.05, 4.69) is 0 Å². The molecule has 0 spiro atoms. The van der Waals surface area contributed by atoms with Gasteiger partial charge in [0.25, 0.3) is 0 Å². The van der Waals surface area contributed by atoms with E-state index in [1.54, 1.807) is 4.31 Å². The highest BCUT2D eigenvalue weighted by Gasteiger charge is 2.32. The van der Waals surface area contributed by atoms with Gasteiger partial charge in [0.1, 0.15) is 0 Å². The zero-order valence-corrected chi connectivity index (χ0v) is 15.1. The molecule has 0 bridgehead atoms. The molecule has 1 atom stereocenters. The molecule has 3 rings (SSSR count). The van der Waals surface area contributed by atoms with Crippen LogP contribution in [0, 0.1) is 0 Å². The van der Waals surface area contributed by atoms with Crippen LogP contribution in [0.15, 0.2) is 54.6 Å². The van der Waals surface area contributed by atoms with E-state index in [1.165, 1.54) is 0 Å². The topological polar surface area (TPSA) is 37.4 Å². The average molecular weight is 364 g/mol. The van der Waals surface area contributed by atoms with Crippen molar-refractivity contribution in [2.45, 2.75) is 37.5 Å². The highest BCUT2D eigenvalue weighted by molar-refractivity contribution is 7.88. The number of rotatable bonds is 4. The Morgan fingerprint density at radius 3 is 2.38 bits per heavy atom. The van der Waals surface area contributed by atoms with Crippen molar-refractivity contribution in [1.29, 1.82) is 0 Å². The van der Waals surface area contributed by atoms with Gasteiger partial charge >= 0.3 is 0 Å². The molecular formula is C19H22ClNO2S. The van der Waals surface area contributed by atoms with Gasteiger partial charge in [0.15, 0.2) is 0 Å². The van der Waals surface area contributed by atoms with Gasteiger partial charge in [-0.1, -0.05) is 66.9 Å². The number of nitrogens with zero attached hydrogens (tertiary/aromatic N) is 1. The Balaban J connectivity index is 1.90. The summed E-state index contributed by atoms with van der Waals surface area (Å²) < 4.78 is 27.8. The maximum absolute atomic E-state index is 13.1. The fraction of sp³-hybridized carbons (Fsp3) is 0.368. The molecule has 0 saturated carbocycles. The predicted octanol–water partition coefficient (Wildman–Crippen LogP) is 4.79. The van der Waals surface area contributed by atoms with Crippen LogP contribution in [0.2, 0.25) is 5.02 Å². The second-order valence-electron chi connectivity index (χ2n) is 6.27. The number of halogens is 1. The number of benzene rings is 2. The van der Waals surface area contributed by atoms with E-state index in [-0.39, 0.29) is 11.8 Å². The smallest absolute Gasteiger partial charge is 0.212 e. The van der Waals surface area contributed by atoms with E-state index >= 15 is 0 Å². The largest absolute Gasteiger partial charge is 0.218 e. The summed E-state index contributed by atoms with van der Waals surface area (Å²) in [6.45, 7) is 0.586. The average Bonchev–Trinajstić information content (AvgIpc) is 2.83. The standard InChI is InChI=1S/C19H22ClNO2S/c20-18-12-10-17(11-13-18)19-9-5-2-6-14-21(19)24(22,23)15-16-7-3-1-4-8-16/h1,3-4,7-8,10-13,19H,2,5-6,9,14-15H2/t19-/m1/s1. The van der Waals surface area contributed by atoms with Gasteiger partial charge in [0.2, 0.25) is 10.0 Å². The summed E-state index contributed by atoms with van der Waals surface area (Å²) in [6.07, 6.45) is 3.89. The molecule has 0 N–H and O–H groups in total. The minimum absolute atomic E-state index is 0.0535. The molecular weight excluding hydrogens is 342 g/mol. The molecule has 1 aliphatic heterocycles. The third-order valence-electron chi connectivity index (χ3n) is 4.51. The Labute approximate surface area is 149 Å². The van der Waals surface area contributed by atoms with Gasteiger partial charge in [-0.05, 0) is 36.1 Å². The van der Waals surface area contributed by atoms with Crippen LogP contribution in [0.4, 0.5) is 0 Å². The number of hydrogen-bond donors (Lipinski definition) is 0. The van der Waals surface area contributed by atoms with Gasteiger partial charge in [0, 0.05) is 17.6 Å². The molecule has 1 fully saturated rings. The lowest BCUT2D eigenvalue weighted by atomic mass is 10.0. The second-order valence-corrected chi connectivity index (χ2v) is 8.63. The van der Waals surface area contributed by atoms with E-state index in [4.69, 9.17) is 11.6 Å². The third kappa shape index (κ3) is 4.18. The summed E-state index contributed by atoms with van der Waals surface area (Å²) in [5.41, 5.74) is 1.86. The van der Waals surface area contributed by atoms with Gasteiger partial charge in [0.05, 0.1) is 5.75 Å². The van der Waals surface area contributed by atoms with E-state index in [0.717, 1.165) is 36.8 Å². The van der Waals surface area contributed by atoms with Crippen LogP contribution in [-0.4, -0.2) is 19.3 Å². The molecule has 0 amide bonds. The van der Waals surface area contributed by atoms with Crippen LogP contribution in [-0.2, 0) is 15.8 Å². The van der Waals surface area contributed by atoms with Crippen molar-refractivity contribution in [2.24, 2.45) is 0 Å². The van der Waals surface area contributed by atoms with Crippen molar-refractivity contribution in [3.8, 4) is 0 Å². The Hall–Kier alpha value is -1.36. The lowest BCUT2D eigenvalue weighted by Crippen LogP contribution is -2.35. The van der Waals surface area contributed by atoms with E-state index < -0.39 is 10.0 Å². The minimum atomic E-state index is -3.37. The van der Waals surface area contributed by atoms with Crippen molar-refractivity contribution < 1.29 is 8.42 Å². The van der Waals surface area contributed by atoms with E-state index in [0.29, 0.717) is 11.6 Å². The maximum atomic E-state index is 13.1. The summed E-state index contributed by atoms with van der Waals surface area (Å²) in [7, 11) is -3.37. The normalized spacial score (nSPS) is 19.8. The molecule has 0 radical (unpaired) electrons. The number of sulfonamides is 1. The van der Waals surface area contributed by atoms with Crippen LogP contribution in [0.1, 0.15) is 42.9 Å². The van der Waals surface area contributed by atoms with Crippen molar-refractivity contribution in [3.05, 3.63) is 70.7 Å². The predicted molar refractivity (Wildman–Crippen MR) is 98.4 cm³/mol. The Bertz CT molecular complexity index is 760. The molecule has 2 aromatic carbocycles. The third-order valence-corrected chi connectivity index (χ3v) is 6.61. The van der Waals surface area contributed by atoms with Crippen LogP contribution >= 0.6 is 11.6 Å². The summed E-state index contributed by atoms with van der Waals surface area (Å²) in [5.74, 6) is 0.0535. The lowest BCUT2D eigenvalue weighted by molar-refractivity contribution is 0.328. The summed E-state index contributed by atoms with van der Waals surface area (Å²) in [6, 6.07) is 16.9. The van der Waals surface area contributed by atoms with Gasteiger partial charge in [-0.15, -0.1) is 0 Å². The molecule has 1 heterocycles. The van der Waals surface area contributed by atoms with Crippen molar-refractivity contribution in [1.82, 2.24) is 4.31 Å². The highest BCUT2D eigenvalue weighted by Crippen LogP contribution is 2.33. The Morgan fingerprint density at radius 2 is 1.67 bits per heavy atom. The van der Waals surface area contributed by atoms with Crippen LogP contribution in [0.25, 0.3) is 0 Å². The van der Waals surface area contributed by atoms with Crippen molar-refractivity contribution in [3.63, 3.8) is 0 Å². The van der Waals surface area contributed by atoms with Crippen molar-refractivity contribution >= 4 is 21.6 Å². The minimum Gasteiger partial charge on any atom is -0.212 e. The van der Waals surface area contributed by atoms with Gasteiger partial charge in [-0.25, -0.2) is 8.42 Å². The molecule has 24 heavy (non-hydrogen) atoms. The second kappa shape index (κ2) is 7.68. The fourth-order valence-corrected chi connectivity index (χ4v) is 5.23. The molecule has 5 heteroatoms. The quantitative estimate of drug-likeness (QED) is 0.783.